The summed E-state index contributed by atoms with van der Waals surface area (Å²) < 4.78 is 22.0. The van der Waals surface area contributed by atoms with Crippen LogP contribution in [0.1, 0.15) is 19.3 Å². The third kappa shape index (κ3) is 6.58. The molecule has 2 unspecified atom stereocenters. The smallest absolute Gasteiger partial charge is 0.0691 e. The number of nitrogens with one attached hydrogen (secondary N) is 1. The van der Waals surface area contributed by atoms with Crippen LogP contribution in [0.15, 0.2) is 0 Å². The number of hydrogen-bond donors (Lipinski definition) is 1. The maximum absolute atomic E-state index is 11.7. The molecule has 5 heteroatoms. The molecule has 0 aromatic heterocycles. The summed E-state index contributed by atoms with van der Waals surface area (Å²) in [7, 11) is 0.979. The third-order valence-electron chi connectivity index (χ3n) is 2.60. The molecule has 0 bridgehead atoms. The molecule has 0 aliphatic carbocycles. The molecule has 0 spiro atoms. The van der Waals surface area contributed by atoms with Gasteiger partial charge < -0.3 is 14.8 Å². The van der Waals surface area contributed by atoms with Gasteiger partial charge in [-0.15, -0.1) is 0 Å². The summed E-state index contributed by atoms with van der Waals surface area (Å²) in [5, 5.41) is 3.24. The Kier molecular flexibility index (Phi) is 8.02. The second-order valence-electron chi connectivity index (χ2n) is 4.04. The minimum atomic E-state index is -0.713. The lowest BCUT2D eigenvalue weighted by Gasteiger charge is -2.09. The van der Waals surface area contributed by atoms with Crippen LogP contribution < -0.4 is 5.32 Å². The van der Waals surface area contributed by atoms with Gasteiger partial charge in [-0.05, 0) is 25.8 Å². The van der Waals surface area contributed by atoms with Crippen LogP contribution in [0.4, 0.5) is 0 Å². The minimum absolute atomic E-state index is 0.252. The Morgan fingerprint density at radius 1 is 1.50 bits per heavy atom. The first-order chi connectivity index (χ1) is 7.83. The van der Waals surface area contributed by atoms with E-state index >= 15 is 0 Å². The number of methoxy groups -OCH3 is 1. The van der Waals surface area contributed by atoms with Crippen molar-refractivity contribution in [3.05, 3.63) is 0 Å². The van der Waals surface area contributed by atoms with Crippen molar-refractivity contribution in [2.75, 3.05) is 44.9 Å². The summed E-state index contributed by atoms with van der Waals surface area (Å²) >= 11 is 0. The summed E-state index contributed by atoms with van der Waals surface area (Å²) in [6, 6.07) is 0. The SMILES string of the molecule is COCCNCCCS(=O)CC1CCCO1. The Balaban J connectivity index is 1.89. The van der Waals surface area contributed by atoms with Crippen molar-refractivity contribution >= 4 is 10.8 Å². The number of hydrogen-bond acceptors (Lipinski definition) is 4. The fourth-order valence-electron chi connectivity index (χ4n) is 1.72. The molecule has 96 valence electrons. The second kappa shape index (κ2) is 9.10. The first-order valence-corrected chi connectivity index (χ1v) is 7.48. The third-order valence-corrected chi connectivity index (χ3v) is 4.09. The molecule has 1 aliphatic rings. The first-order valence-electron chi connectivity index (χ1n) is 5.99. The van der Waals surface area contributed by atoms with E-state index in [1.54, 1.807) is 7.11 Å². The second-order valence-corrected chi connectivity index (χ2v) is 5.66. The summed E-state index contributed by atoms with van der Waals surface area (Å²) in [5.74, 6) is 1.50. The highest BCUT2D eigenvalue weighted by Gasteiger charge is 2.17. The van der Waals surface area contributed by atoms with Crippen LogP contribution in [0.3, 0.4) is 0 Å². The van der Waals surface area contributed by atoms with E-state index in [9.17, 15) is 4.21 Å². The normalized spacial score (nSPS) is 22.4. The maximum Gasteiger partial charge on any atom is 0.0691 e. The average molecular weight is 249 g/mol. The van der Waals surface area contributed by atoms with Crippen molar-refractivity contribution in [3.63, 3.8) is 0 Å². The van der Waals surface area contributed by atoms with Gasteiger partial charge in [-0.1, -0.05) is 0 Å². The molecule has 0 radical (unpaired) electrons. The van der Waals surface area contributed by atoms with E-state index in [-0.39, 0.29) is 6.10 Å². The first kappa shape index (κ1) is 14.1. The van der Waals surface area contributed by atoms with Gasteiger partial charge in [0.15, 0.2) is 0 Å². The van der Waals surface area contributed by atoms with Crippen molar-refractivity contribution < 1.29 is 13.7 Å². The fourth-order valence-corrected chi connectivity index (χ4v) is 3.03. The van der Waals surface area contributed by atoms with Crippen LogP contribution in [0.5, 0.6) is 0 Å². The Hall–Kier alpha value is 0.0300. The summed E-state index contributed by atoms with van der Waals surface area (Å²) in [5.41, 5.74) is 0. The lowest BCUT2D eigenvalue weighted by molar-refractivity contribution is 0.128. The van der Waals surface area contributed by atoms with Crippen molar-refractivity contribution in [2.45, 2.75) is 25.4 Å². The van der Waals surface area contributed by atoms with Gasteiger partial charge in [0.25, 0.3) is 0 Å². The van der Waals surface area contributed by atoms with Crippen LogP contribution >= 0.6 is 0 Å². The zero-order chi connectivity index (χ0) is 11.6. The zero-order valence-electron chi connectivity index (χ0n) is 10.1. The Morgan fingerprint density at radius 2 is 2.38 bits per heavy atom. The van der Waals surface area contributed by atoms with Crippen LogP contribution in [0.2, 0.25) is 0 Å². The highest BCUT2D eigenvalue weighted by atomic mass is 32.2. The molecule has 2 atom stereocenters. The quantitative estimate of drug-likeness (QED) is 0.606. The lowest BCUT2D eigenvalue weighted by Crippen LogP contribution is -2.23. The molecule has 0 saturated carbocycles. The van der Waals surface area contributed by atoms with Crippen molar-refractivity contribution in [1.82, 2.24) is 5.32 Å². The predicted octanol–water partition coefficient (Wildman–Crippen LogP) is 0.540. The zero-order valence-corrected chi connectivity index (χ0v) is 10.9. The van der Waals surface area contributed by atoms with Gasteiger partial charge in [0.2, 0.25) is 0 Å². The van der Waals surface area contributed by atoms with Gasteiger partial charge in [0, 0.05) is 42.6 Å². The van der Waals surface area contributed by atoms with E-state index < -0.39 is 10.8 Å². The molecule has 0 amide bonds. The molecular weight excluding hydrogens is 226 g/mol. The van der Waals surface area contributed by atoms with Gasteiger partial charge in [0.05, 0.1) is 12.7 Å². The van der Waals surface area contributed by atoms with Crippen molar-refractivity contribution in [3.8, 4) is 0 Å². The monoisotopic (exact) mass is 249 g/mol. The van der Waals surface area contributed by atoms with Crippen molar-refractivity contribution in [1.29, 1.82) is 0 Å². The van der Waals surface area contributed by atoms with E-state index in [0.717, 1.165) is 57.1 Å². The molecule has 1 rings (SSSR count). The van der Waals surface area contributed by atoms with Crippen LogP contribution in [0.25, 0.3) is 0 Å². The predicted molar refractivity (Wildman–Crippen MR) is 66.2 cm³/mol. The van der Waals surface area contributed by atoms with E-state index in [0.29, 0.717) is 0 Å². The topological polar surface area (TPSA) is 47.6 Å². The molecule has 1 aliphatic heterocycles. The minimum Gasteiger partial charge on any atom is -0.383 e. The van der Waals surface area contributed by atoms with E-state index in [1.165, 1.54) is 0 Å². The maximum atomic E-state index is 11.7. The molecule has 1 fully saturated rings. The van der Waals surface area contributed by atoms with Gasteiger partial charge in [-0.3, -0.25) is 4.21 Å². The van der Waals surface area contributed by atoms with E-state index in [1.807, 2.05) is 0 Å². The largest absolute Gasteiger partial charge is 0.383 e. The van der Waals surface area contributed by atoms with Crippen molar-refractivity contribution in [2.24, 2.45) is 0 Å². The standard InChI is InChI=1S/C11H23NO3S/c1-14-8-6-12-5-3-9-16(13)10-11-4-2-7-15-11/h11-12H,2-10H2,1H3. The summed E-state index contributed by atoms with van der Waals surface area (Å²) in [4.78, 5) is 0. The number of ether oxygens (including phenoxy) is 2. The average Bonchev–Trinajstić information content (AvgIpc) is 2.76. The highest BCUT2D eigenvalue weighted by molar-refractivity contribution is 7.85. The molecule has 16 heavy (non-hydrogen) atoms. The highest BCUT2D eigenvalue weighted by Crippen LogP contribution is 2.12. The van der Waals surface area contributed by atoms with Gasteiger partial charge >= 0.3 is 0 Å². The number of rotatable bonds is 9. The van der Waals surface area contributed by atoms with Crippen LogP contribution in [0, 0.1) is 0 Å². The lowest BCUT2D eigenvalue weighted by atomic mass is 10.3. The Morgan fingerprint density at radius 3 is 3.06 bits per heavy atom. The summed E-state index contributed by atoms with van der Waals surface area (Å²) in [6.07, 6.45) is 3.42. The van der Waals surface area contributed by atoms with Gasteiger partial charge in [-0.25, -0.2) is 0 Å². The Labute approximate surface area is 101 Å². The molecular formula is C11H23NO3S. The molecule has 4 nitrogen and oxygen atoms in total. The molecule has 0 aromatic carbocycles. The van der Waals surface area contributed by atoms with Gasteiger partial charge in [0.1, 0.15) is 0 Å². The molecule has 1 heterocycles. The van der Waals surface area contributed by atoms with Crippen LogP contribution in [-0.4, -0.2) is 55.2 Å². The molecule has 1 saturated heterocycles. The Bertz CT molecular complexity index is 196. The fraction of sp³-hybridized carbons (Fsp3) is 1.00. The van der Waals surface area contributed by atoms with E-state index in [2.05, 4.69) is 5.32 Å². The van der Waals surface area contributed by atoms with Gasteiger partial charge in [-0.2, -0.15) is 0 Å². The van der Waals surface area contributed by atoms with E-state index in [4.69, 9.17) is 9.47 Å². The van der Waals surface area contributed by atoms with Crippen LogP contribution in [-0.2, 0) is 20.3 Å². The molecule has 1 N–H and O–H groups in total. The molecule has 0 aromatic rings. The summed E-state index contributed by atoms with van der Waals surface area (Å²) in [6.45, 7) is 3.37.